The molecule has 0 heterocycles. The Labute approximate surface area is 127 Å². The summed E-state index contributed by atoms with van der Waals surface area (Å²) in [5, 5.41) is 13.9. The number of rotatable bonds is 9. The quantitative estimate of drug-likeness (QED) is 0.307. The SMILES string of the molecule is CCCCOCCCNc1ccc([N+](=O)[O-])c(I)c1. The molecule has 0 aliphatic rings. The molecule has 106 valence electrons. The van der Waals surface area contributed by atoms with Crippen molar-refractivity contribution < 1.29 is 9.66 Å². The Bertz CT molecular complexity index is 413. The zero-order valence-corrected chi connectivity index (χ0v) is 13.2. The molecule has 0 aromatic heterocycles. The Morgan fingerprint density at radius 1 is 1.37 bits per heavy atom. The van der Waals surface area contributed by atoms with Gasteiger partial charge in [0.15, 0.2) is 0 Å². The third-order valence-corrected chi connectivity index (χ3v) is 3.45. The highest BCUT2D eigenvalue weighted by Gasteiger charge is 2.10. The van der Waals surface area contributed by atoms with Crippen LogP contribution in [0.2, 0.25) is 0 Å². The van der Waals surface area contributed by atoms with Gasteiger partial charge < -0.3 is 10.1 Å². The molecule has 0 saturated carbocycles. The van der Waals surface area contributed by atoms with Gasteiger partial charge in [0.1, 0.15) is 0 Å². The Kier molecular flexibility index (Phi) is 7.73. The summed E-state index contributed by atoms with van der Waals surface area (Å²) in [4.78, 5) is 10.3. The molecule has 0 spiro atoms. The van der Waals surface area contributed by atoms with Crippen molar-refractivity contribution in [1.29, 1.82) is 0 Å². The van der Waals surface area contributed by atoms with E-state index in [1.54, 1.807) is 12.1 Å². The number of hydrogen-bond acceptors (Lipinski definition) is 4. The van der Waals surface area contributed by atoms with E-state index in [-0.39, 0.29) is 10.6 Å². The lowest BCUT2D eigenvalue weighted by atomic mass is 10.3. The number of ether oxygens (including phenoxy) is 1. The van der Waals surface area contributed by atoms with E-state index in [1.165, 1.54) is 6.07 Å². The van der Waals surface area contributed by atoms with Crippen LogP contribution < -0.4 is 5.32 Å². The summed E-state index contributed by atoms with van der Waals surface area (Å²) in [6.45, 7) is 4.52. The molecule has 0 saturated heterocycles. The molecule has 1 aromatic carbocycles. The Balaban J connectivity index is 2.26. The van der Waals surface area contributed by atoms with Gasteiger partial charge in [-0.25, -0.2) is 0 Å². The lowest BCUT2D eigenvalue weighted by molar-refractivity contribution is -0.385. The molecule has 5 nitrogen and oxygen atoms in total. The average molecular weight is 378 g/mol. The first-order chi connectivity index (χ1) is 9.15. The van der Waals surface area contributed by atoms with E-state index in [4.69, 9.17) is 4.74 Å². The van der Waals surface area contributed by atoms with Gasteiger partial charge in [-0.1, -0.05) is 13.3 Å². The van der Waals surface area contributed by atoms with Crippen LogP contribution in [0.5, 0.6) is 0 Å². The number of nitro benzene ring substituents is 1. The predicted octanol–water partition coefficient (Wildman–Crippen LogP) is 3.82. The van der Waals surface area contributed by atoms with Crippen LogP contribution in [0.4, 0.5) is 11.4 Å². The van der Waals surface area contributed by atoms with Crippen molar-refractivity contribution in [2.75, 3.05) is 25.1 Å². The lowest BCUT2D eigenvalue weighted by Crippen LogP contribution is -2.06. The van der Waals surface area contributed by atoms with E-state index in [0.717, 1.165) is 44.7 Å². The molecule has 0 aliphatic carbocycles. The summed E-state index contributed by atoms with van der Waals surface area (Å²) in [5.74, 6) is 0. The molecule has 0 aliphatic heterocycles. The summed E-state index contributed by atoms with van der Waals surface area (Å²) in [5.41, 5.74) is 1.05. The molecule has 19 heavy (non-hydrogen) atoms. The van der Waals surface area contributed by atoms with Gasteiger partial charge >= 0.3 is 0 Å². The monoisotopic (exact) mass is 378 g/mol. The van der Waals surface area contributed by atoms with E-state index in [1.807, 2.05) is 22.6 Å². The summed E-state index contributed by atoms with van der Waals surface area (Å²) >= 11 is 1.98. The molecule has 0 atom stereocenters. The van der Waals surface area contributed by atoms with Crippen LogP contribution >= 0.6 is 22.6 Å². The van der Waals surface area contributed by atoms with Crippen molar-refractivity contribution in [2.24, 2.45) is 0 Å². The fraction of sp³-hybridized carbons (Fsp3) is 0.538. The second-order valence-corrected chi connectivity index (χ2v) is 5.33. The van der Waals surface area contributed by atoms with E-state index < -0.39 is 0 Å². The van der Waals surface area contributed by atoms with Gasteiger partial charge in [0.2, 0.25) is 0 Å². The summed E-state index contributed by atoms with van der Waals surface area (Å²) in [7, 11) is 0. The number of unbranched alkanes of at least 4 members (excludes halogenated alkanes) is 1. The number of nitrogens with zero attached hydrogens (tertiary/aromatic N) is 1. The summed E-state index contributed by atoms with van der Waals surface area (Å²) in [6, 6.07) is 5.05. The summed E-state index contributed by atoms with van der Waals surface area (Å²) in [6.07, 6.45) is 3.19. The number of benzene rings is 1. The number of nitrogens with one attached hydrogen (secondary N) is 1. The van der Waals surface area contributed by atoms with Crippen LogP contribution in [0.25, 0.3) is 0 Å². The van der Waals surface area contributed by atoms with Gasteiger partial charge in [0, 0.05) is 31.5 Å². The minimum atomic E-state index is -0.368. The van der Waals surface area contributed by atoms with Crippen molar-refractivity contribution in [2.45, 2.75) is 26.2 Å². The van der Waals surface area contributed by atoms with E-state index in [0.29, 0.717) is 3.57 Å². The first kappa shape index (κ1) is 16.2. The number of anilines is 1. The minimum Gasteiger partial charge on any atom is -0.385 e. The molecule has 0 bridgehead atoms. The highest BCUT2D eigenvalue weighted by molar-refractivity contribution is 14.1. The Morgan fingerprint density at radius 2 is 2.11 bits per heavy atom. The van der Waals surface area contributed by atoms with Crippen molar-refractivity contribution in [3.8, 4) is 0 Å². The largest absolute Gasteiger partial charge is 0.385 e. The van der Waals surface area contributed by atoms with Crippen molar-refractivity contribution >= 4 is 34.0 Å². The highest BCUT2D eigenvalue weighted by Crippen LogP contribution is 2.23. The van der Waals surface area contributed by atoms with Crippen molar-refractivity contribution in [3.05, 3.63) is 31.9 Å². The molecule has 0 fully saturated rings. The number of nitro groups is 1. The summed E-state index contributed by atoms with van der Waals surface area (Å²) < 4.78 is 6.10. The molecule has 1 aromatic rings. The van der Waals surface area contributed by atoms with E-state index in [2.05, 4.69) is 12.2 Å². The van der Waals surface area contributed by atoms with Gasteiger partial charge in [-0.05, 0) is 47.6 Å². The van der Waals surface area contributed by atoms with Gasteiger partial charge in [-0.2, -0.15) is 0 Å². The van der Waals surface area contributed by atoms with Crippen LogP contribution in [-0.2, 0) is 4.74 Å². The smallest absolute Gasteiger partial charge is 0.282 e. The van der Waals surface area contributed by atoms with E-state index >= 15 is 0 Å². The Hall–Kier alpha value is -0.890. The molecular formula is C13H19IN2O3. The molecule has 0 unspecified atom stereocenters. The fourth-order valence-corrected chi connectivity index (χ4v) is 2.23. The first-order valence-corrected chi connectivity index (χ1v) is 7.48. The van der Waals surface area contributed by atoms with Crippen LogP contribution in [0.1, 0.15) is 26.2 Å². The second-order valence-electron chi connectivity index (χ2n) is 4.17. The maximum absolute atomic E-state index is 10.7. The van der Waals surface area contributed by atoms with Crippen LogP contribution in [-0.4, -0.2) is 24.7 Å². The molecule has 1 N–H and O–H groups in total. The van der Waals surface area contributed by atoms with Crippen LogP contribution in [0, 0.1) is 13.7 Å². The number of hydrogen-bond donors (Lipinski definition) is 1. The van der Waals surface area contributed by atoms with Gasteiger partial charge in [0.05, 0.1) is 8.49 Å². The minimum absolute atomic E-state index is 0.147. The lowest BCUT2D eigenvalue weighted by Gasteiger charge is -2.07. The third-order valence-electron chi connectivity index (χ3n) is 2.58. The zero-order chi connectivity index (χ0) is 14.1. The number of halogens is 1. The maximum Gasteiger partial charge on any atom is 0.282 e. The normalized spacial score (nSPS) is 10.4. The van der Waals surface area contributed by atoms with Gasteiger partial charge in [-0.3, -0.25) is 10.1 Å². The van der Waals surface area contributed by atoms with Gasteiger partial charge in [-0.15, -0.1) is 0 Å². The predicted molar refractivity (Wildman–Crippen MR) is 84.6 cm³/mol. The van der Waals surface area contributed by atoms with Crippen LogP contribution in [0.15, 0.2) is 18.2 Å². The second kappa shape index (κ2) is 9.08. The molecule has 1 rings (SSSR count). The maximum atomic E-state index is 10.7. The fourth-order valence-electron chi connectivity index (χ4n) is 1.52. The molecule has 0 amide bonds. The van der Waals surface area contributed by atoms with E-state index in [9.17, 15) is 10.1 Å². The molecular weight excluding hydrogens is 359 g/mol. The molecule has 6 heteroatoms. The standard InChI is InChI=1S/C13H19IN2O3/c1-2-3-8-19-9-4-7-15-11-5-6-13(16(17)18)12(14)10-11/h5-6,10,15H,2-4,7-9H2,1H3. The highest BCUT2D eigenvalue weighted by atomic mass is 127. The van der Waals surface area contributed by atoms with Gasteiger partial charge in [0.25, 0.3) is 5.69 Å². The van der Waals surface area contributed by atoms with Crippen molar-refractivity contribution in [1.82, 2.24) is 0 Å². The average Bonchev–Trinajstić information content (AvgIpc) is 2.37. The van der Waals surface area contributed by atoms with Crippen molar-refractivity contribution in [3.63, 3.8) is 0 Å². The topological polar surface area (TPSA) is 64.4 Å². The molecule has 0 radical (unpaired) electrons. The third kappa shape index (κ3) is 6.20. The zero-order valence-electron chi connectivity index (χ0n) is 11.0. The first-order valence-electron chi connectivity index (χ1n) is 6.40. The Morgan fingerprint density at radius 3 is 2.74 bits per heavy atom. The van der Waals surface area contributed by atoms with Crippen LogP contribution in [0.3, 0.4) is 0 Å².